The summed E-state index contributed by atoms with van der Waals surface area (Å²) in [7, 11) is 0. The molecule has 0 aliphatic carbocycles. The van der Waals surface area contributed by atoms with Gasteiger partial charge in [-0.15, -0.1) is 0 Å². The monoisotopic (exact) mass is 343 g/mol. The largest absolute Gasteiger partial charge is 0.507 e. The van der Waals surface area contributed by atoms with Crippen LogP contribution in [0.25, 0.3) is 0 Å². The van der Waals surface area contributed by atoms with E-state index in [1.807, 2.05) is 0 Å². The molecule has 0 atom stereocenters. The normalized spacial score (nSPS) is 10.4. The van der Waals surface area contributed by atoms with E-state index in [1.165, 1.54) is 6.21 Å². The summed E-state index contributed by atoms with van der Waals surface area (Å²) >= 11 is 5.12. The second-order valence-corrected chi connectivity index (χ2v) is 5.09. The molecule has 2 aromatic rings. The number of ether oxygens (including phenoxy) is 1. The number of hydrogen-bond acceptors (Lipinski definition) is 5. The Labute approximate surface area is 145 Å². The molecule has 0 heterocycles. The van der Waals surface area contributed by atoms with E-state index in [0.717, 1.165) is 0 Å². The van der Waals surface area contributed by atoms with E-state index >= 15 is 0 Å². The van der Waals surface area contributed by atoms with Gasteiger partial charge in [0.05, 0.1) is 18.4 Å². The summed E-state index contributed by atoms with van der Waals surface area (Å²) in [4.78, 5) is 11.6. The topological polar surface area (TPSA) is 83.0 Å². The lowest BCUT2D eigenvalue weighted by Crippen LogP contribution is -2.23. The number of carbonyl (C=O) groups excluding carboxylic acids is 1. The number of nitrogens with one attached hydrogen (secondary N) is 2. The summed E-state index contributed by atoms with van der Waals surface area (Å²) in [6.45, 7) is 2.09. The molecule has 6 nitrogen and oxygen atoms in total. The van der Waals surface area contributed by atoms with E-state index in [-0.39, 0.29) is 16.8 Å². The lowest BCUT2D eigenvalue weighted by molar-refractivity contribution is 0.0526. The van der Waals surface area contributed by atoms with Crippen molar-refractivity contribution in [3.63, 3.8) is 0 Å². The number of hydrazone groups is 1. The Morgan fingerprint density at radius 3 is 2.62 bits per heavy atom. The van der Waals surface area contributed by atoms with Crippen molar-refractivity contribution in [1.29, 1.82) is 0 Å². The number of rotatable bonds is 5. The highest BCUT2D eigenvalue weighted by Gasteiger charge is 2.05. The summed E-state index contributed by atoms with van der Waals surface area (Å²) < 4.78 is 4.92. The van der Waals surface area contributed by atoms with Crippen molar-refractivity contribution in [2.45, 2.75) is 6.92 Å². The number of benzene rings is 2. The van der Waals surface area contributed by atoms with E-state index in [0.29, 0.717) is 23.4 Å². The van der Waals surface area contributed by atoms with Crippen molar-refractivity contribution in [2.24, 2.45) is 5.10 Å². The van der Waals surface area contributed by atoms with Crippen LogP contribution in [0.4, 0.5) is 5.69 Å². The maximum atomic E-state index is 11.6. The molecule has 24 heavy (non-hydrogen) atoms. The molecule has 0 radical (unpaired) electrons. The molecular formula is C17H17N3O3S. The second kappa shape index (κ2) is 8.64. The Hall–Kier alpha value is -2.93. The molecule has 0 aliphatic heterocycles. The SMILES string of the molecule is CCOC(=O)c1ccc(NC(=S)NN=Cc2ccccc2O)cc1. The van der Waals surface area contributed by atoms with E-state index in [2.05, 4.69) is 15.8 Å². The number of phenols is 1. The van der Waals surface area contributed by atoms with Crippen LogP contribution in [0.15, 0.2) is 53.6 Å². The minimum Gasteiger partial charge on any atom is -0.507 e. The number of carbonyl (C=O) groups is 1. The van der Waals surface area contributed by atoms with Crippen LogP contribution < -0.4 is 10.7 Å². The predicted octanol–water partition coefficient (Wildman–Crippen LogP) is 2.89. The third kappa shape index (κ3) is 5.06. The molecular weight excluding hydrogens is 326 g/mol. The molecule has 0 amide bonds. The van der Waals surface area contributed by atoms with Crippen LogP contribution in [-0.2, 0) is 4.74 Å². The Kier molecular flexibility index (Phi) is 6.27. The number of nitrogens with zero attached hydrogens (tertiary/aromatic N) is 1. The first-order chi connectivity index (χ1) is 11.6. The maximum absolute atomic E-state index is 11.6. The lowest BCUT2D eigenvalue weighted by Gasteiger charge is -2.08. The van der Waals surface area contributed by atoms with Crippen LogP contribution in [0.3, 0.4) is 0 Å². The molecule has 2 aromatic carbocycles. The van der Waals surface area contributed by atoms with Gasteiger partial charge >= 0.3 is 5.97 Å². The number of esters is 1. The number of aromatic hydroxyl groups is 1. The van der Waals surface area contributed by atoms with E-state index in [9.17, 15) is 9.90 Å². The van der Waals surface area contributed by atoms with Crippen LogP contribution in [0.1, 0.15) is 22.8 Å². The zero-order valence-corrected chi connectivity index (χ0v) is 13.8. The van der Waals surface area contributed by atoms with Gasteiger partial charge in [0.15, 0.2) is 5.11 Å². The van der Waals surface area contributed by atoms with Gasteiger partial charge in [-0.2, -0.15) is 5.10 Å². The zero-order valence-electron chi connectivity index (χ0n) is 13.0. The highest BCUT2D eigenvalue weighted by molar-refractivity contribution is 7.80. The van der Waals surface area contributed by atoms with Crippen LogP contribution >= 0.6 is 12.2 Å². The fourth-order valence-corrected chi connectivity index (χ4v) is 1.99. The Bertz CT molecular complexity index is 745. The summed E-state index contributed by atoms with van der Waals surface area (Å²) in [5, 5.41) is 16.8. The van der Waals surface area contributed by atoms with Gasteiger partial charge in [0, 0.05) is 11.3 Å². The summed E-state index contributed by atoms with van der Waals surface area (Å²) in [5.74, 6) is -0.228. The van der Waals surface area contributed by atoms with Crippen molar-refractivity contribution in [3.05, 3.63) is 59.7 Å². The number of phenolic OH excluding ortho intramolecular Hbond substituents is 1. The first kappa shape index (κ1) is 17.4. The molecule has 0 saturated carbocycles. The molecule has 0 unspecified atom stereocenters. The van der Waals surface area contributed by atoms with Crippen molar-refractivity contribution in [1.82, 2.24) is 5.43 Å². The first-order valence-corrected chi connectivity index (χ1v) is 7.66. The van der Waals surface area contributed by atoms with Gasteiger partial charge in [-0.05, 0) is 55.5 Å². The average Bonchev–Trinajstić information content (AvgIpc) is 2.57. The van der Waals surface area contributed by atoms with Gasteiger partial charge in [-0.3, -0.25) is 5.43 Å². The molecule has 0 fully saturated rings. The molecule has 0 saturated heterocycles. The second-order valence-electron chi connectivity index (χ2n) is 4.68. The fourth-order valence-electron chi connectivity index (χ4n) is 1.82. The molecule has 2 rings (SSSR count). The van der Waals surface area contributed by atoms with Crippen LogP contribution in [0, 0.1) is 0 Å². The highest BCUT2D eigenvalue weighted by atomic mass is 32.1. The Balaban J connectivity index is 1.88. The third-order valence-electron chi connectivity index (χ3n) is 2.96. The number of anilines is 1. The summed E-state index contributed by atoms with van der Waals surface area (Å²) in [6, 6.07) is 13.5. The zero-order chi connectivity index (χ0) is 17.4. The molecule has 3 N–H and O–H groups in total. The molecule has 0 bridgehead atoms. The van der Waals surface area contributed by atoms with Crippen molar-refractivity contribution >= 4 is 35.2 Å². The maximum Gasteiger partial charge on any atom is 0.338 e. The molecule has 0 aromatic heterocycles. The van der Waals surface area contributed by atoms with Gasteiger partial charge in [-0.25, -0.2) is 4.79 Å². The van der Waals surface area contributed by atoms with Crippen molar-refractivity contribution in [3.8, 4) is 5.75 Å². The smallest absolute Gasteiger partial charge is 0.338 e. The first-order valence-electron chi connectivity index (χ1n) is 7.25. The van der Waals surface area contributed by atoms with E-state index < -0.39 is 0 Å². The highest BCUT2D eigenvalue weighted by Crippen LogP contribution is 2.13. The third-order valence-corrected chi connectivity index (χ3v) is 3.15. The molecule has 0 aliphatic rings. The van der Waals surface area contributed by atoms with Gasteiger partial charge in [0.2, 0.25) is 0 Å². The molecule has 7 heteroatoms. The lowest BCUT2D eigenvalue weighted by atomic mass is 10.2. The van der Waals surface area contributed by atoms with Gasteiger partial charge in [-0.1, -0.05) is 12.1 Å². The quantitative estimate of drug-likeness (QED) is 0.335. The van der Waals surface area contributed by atoms with Crippen LogP contribution in [0.2, 0.25) is 0 Å². The summed E-state index contributed by atoms with van der Waals surface area (Å²) in [5.41, 5.74) is 4.41. The van der Waals surface area contributed by atoms with Crippen molar-refractivity contribution < 1.29 is 14.6 Å². The van der Waals surface area contributed by atoms with Crippen LogP contribution in [0.5, 0.6) is 5.75 Å². The minimum atomic E-state index is -0.364. The Morgan fingerprint density at radius 1 is 1.25 bits per heavy atom. The van der Waals surface area contributed by atoms with Crippen LogP contribution in [-0.4, -0.2) is 29.0 Å². The minimum absolute atomic E-state index is 0.136. The number of hydrogen-bond donors (Lipinski definition) is 3. The number of thiocarbonyl (C=S) groups is 1. The van der Waals surface area contributed by atoms with Gasteiger partial charge < -0.3 is 15.2 Å². The summed E-state index contributed by atoms with van der Waals surface area (Å²) in [6.07, 6.45) is 1.47. The average molecular weight is 343 g/mol. The Morgan fingerprint density at radius 2 is 1.96 bits per heavy atom. The molecule has 0 spiro atoms. The van der Waals surface area contributed by atoms with E-state index in [4.69, 9.17) is 17.0 Å². The van der Waals surface area contributed by atoms with E-state index in [1.54, 1.807) is 55.5 Å². The number of para-hydroxylation sites is 1. The predicted molar refractivity (Wildman–Crippen MR) is 97.5 cm³/mol. The van der Waals surface area contributed by atoms with Gasteiger partial charge in [0.25, 0.3) is 0 Å². The van der Waals surface area contributed by atoms with Gasteiger partial charge in [0.1, 0.15) is 5.75 Å². The fraction of sp³-hybridized carbons (Fsp3) is 0.118. The van der Waals surface area contributed by atoms with Crippen molar-refractivity contribution in [2.75, 3.05) is 11.9 Å². The standard InChI is InChI=1S/C17H17N3O3S/c1-2-23-16(22)12-7-9-14(10-8-12)19-17(24)20-18-11-13-5-3-4-6-15(13)21/h3-11,21H,2H2,1H3,(H2,19,20,24). The molecule has 124 valence electrons.